The fourth-order valence-corrected chi connectivity index (χ4v) is 1.52. The van der Waals surface area contributed by atoms with Gasteiger partial charge in [-0.1, -0.05) is 26.1 Å². The number of nitrogens with two attached hydrogens (primary N) is 1. The Balaban J connectivity index is 2.67. The average Bonchev–Trinajstić information content (AvgIpc) is 2.65. The largest absolute Gasteiger partial charge is 0.472 e. The van der Waals surface area contributed by atoms with E-state index in [4.69, 9.17) is 22.4 Å². The van der Waals surface area contributed by atoms with Gasteiger partial charge in [-0.2, -0.15) is 0 Å². The summed E-state index contributed by atoms with van der Waals surface area (Å²) >= 11 is 4.88. The van der Waals surface area contributed by atoms with E-state index in [2.05, 4.69) is 5.32 Å². The lowest BCUT2D eigenvalue weighted by atomic mass is 10.0. The van der Waals surface area contributed by atoms with Crippen molar-refractivity contribution in [3.8, 4) is 0 Å². The number of carbonyl (C=O) groups excluding carboxylic acids is 1. The minimum absolute atomic E-state index is 0.165. The van der Waals surface area contributed by atoms with E-state index in [1.54, 1.807) is 6.07 Å². The molecule has 1 aromatic heterocycles. The van der Waals surface area contributed by atoms with Gasteiger partial charge >= 0.3 is 0 Å². The third kappa shape index (κ3) is 3.06. The Morgan fingerprint density at radius 2 is 2.27 bits per heavy atom. The smallest absolute Gasteiger partial charge is 0.255 e. The molecule has 15 heavy (non-hydrogen) atoms. The molecule has 4 nitrogen and oxygen atoms in total. The lowest BCUT2D eigenvalue weighted by molar-refractivity contribution is 0.0939. The summed E-state index contributed by atoms with van der Waals surface area (Å²) in [5.41, 5.74) is 6.00. The topological polar surface area (TPSA) is 68.3 Å². The van der Waals surface area contributed by atoms with Gasteiger partial charge in [0.25, 0.3) is 5.91 Å². The van der Waals surface area contributed by atoms with E-state index >= 15 is 0 Å². The van der Waals surface area contributed by atoms with Gasteiger partial charge in [-0.3, -0.25) is 4.79 Å². The lowest BCUT2D eigenvalue weighted by Gasteiger charge is -2.20. The summed E-state index contributed by atoms with van der Waals surface area (Å²) < 4.78 is 4.81. The Morgan fingerprint density at radius 3 is 2.67 bits per heavy atom. The van der Waals surface area contributed by atoms with E-state index in [0.29, 0.717) is 10.6 Å². The number of carbonyl (C=O) groups is 1. The van der Waals surface area contributed by atoms with Gasteiger partial charge in [0.2, 0.25) is 0 Å². The molecule has 0 saturated heterocycles. The van der Waals surface area contributed by atoms with Crippen molar-refractivity contribution in [1.29, 1.82) is 0 Å². The van der Waals surface area contributed by atoms with Gasteiger partial charge in [-0.15, -0.1) is 0 Å². The van der Waals surface area contributed by atoms with Gasteiger partial charge < -0.3 is 15.5 Å². The molecular formula is C10H14N2O2S. The van der Waals surface area contributed by atoms with Crippen LogP contribution in [-0.4, -0.2) is 16.9 Å². The third-order valence-electron chi connectivity index (χ3n) is 2.04. The van der Waals surface area contributed by atoms with Gasteiger partial charge in [0.15, 0.2) is 0 Å². The summed E-state index contributed by atoms with van der Waals surface area (Å²) in [6.07, 6.45) is 2.83. The van der Waals surface area contributed by atoms with Crippen LogP contribution in [0.15, 0.2) is 23.0 Å². The van der Waals surface area contributed by atoms with Crippen molar-refractivity contribution in [2.75, 3.05) is 0 Å². The van der Waals surface area contributed by atoms with Crippen LogP contribution in [-0.2, 0) is 0 Å². The molecule has 0 radical (unpaired) electrons. The van der Waals surface area contributed by atoms with Crippen molar-refractivity contribution < 1.29 is 9.21 Å². The van der Waals surface area contributed by atoms with Crippen molar-refractivity contribution in [3.05, 3.63) is 24.2 Å². The minimum atomic E-state index is -0.289. The summed E-state index contributed by atoms with van der Waals surface area (Å²) in [6, 6.07) is 1.30. The van der Waals surface area contributed by atoms with Gasteiger partial charge in [0.05, 0.1) is 22.9 Å². The van der Waals surface area contributed by atoms with Crippen molar-refractivity contribution in [2.45, 2.75) is 19.9 Å². The lowest BCUT2D eigenvalue weighted by Crippen LogP contribution is -2.46. The van der Waals surface area contributed by atoms with Crippen molar-refractivity contribution in [1.82, 2.24) is 5.32 Å². The Hall–Kier alpha value is -1.36. The van der Waals surface area contributed by atoms with Crippen LogP contribution in [0.25, 0.3) is 0 Å². The molecule has 82 valence electrons. The molecule has 0 aromatic carbocycles. The van der Waals surface area contributed by atoms with Crippen LogP contribution in [0.1, 0.15) is 24.2 Å². The van der Waals surface area contributed by atoms with E-state index in [9.17, 15) is 4.79 Å². The average molecular weight is 226 g/mol. The summed E-state index contributed by atoms with van der Waals surface area (Å²) in [5.74, 6) is -0.0615. The molecule has 0 aliphatic heterocycles. The zero-order chi connectivity index (χ0) is 11.4. The maximum atomic E-state index is 11.6. The van der Waals surface area contributed by atoms with Crippen LogP contribution in [0.4, 0.5) is 0 Å². The SMILES string of the molecule is CC(C)C(NC(=O)c1ccoc1)C(N)=S. The fourth-order valence-electron chi connectivity index (χ4n) is 1.18. The molecule has 0 saturated carbocycles. The summed E-state index contributed by atoms with van der Waals surface area (Å²) in [4.78, 5) is 11.9. The van der Waals surface area contributed by atoms with Gasteiger partial charge in [-0.25, -0.2) is 0 Å². The second-order valence-electron chi connectivity index (χ2n) is 3.61. The molecule has 1 unspecified atom stereocenters. The van der Waals surface area contributed by atoms with E-state index in [1.807, 2.05) is 13.8 Å². The minimum Gasteiger partial charge on any atom is -0.472 e. The molecule has 0 bridgehead atoms. The highest BCUT2D eigenvalue weighted by atomic mass is 32.1. The molecule has 1 aromatic rings. The van der Waals surface area contributed by atoms with E-state index < -0.39 is 0 Å². The monoisotopic (exact) mass is 226 g/mol. The first kappa shape index (κ1) is 11.7. The second-order valence-corrected chi connectivity index (χ2v) is 4.08. The number of nitrogens with one attached hydrogen (secondary N) is 1. The van der Waals surface area contributed by atoms with Crippen LogP contribution in [0, 0.1) is 5.92 Å². The molecule has 5 heteroatoms. The molecule has 1 rings (SSSR count). The summed E-state index contributed by atoms with van der Waals surface area (Å²) in [5, 5.41) is 2.75. The molecule has 0 aliphatic carbocycles. The quantitative estimate of drug-likeness (QED) is 0.760. The Kier molecular flexibility index (Phi) is 3.85. The number of rotatable bonds is 4. The van der Waals surface area contributed by atoms with Crippen LogP contribution >= 0.6 is 12.2 Å². The number of hydrogen-bond acceptors (Lipinski definition) is 3. The summed E-state index contributed by atoms with van der Waals surface area (Å²) in [7, 11) is 0. The maximum Gasteiger partial charge on any atom is 0.255 e. The Morgan fingerprint density at radius 1 is 1.60 bits per heavy atom. The third-order valence-corrected chi connectivity index (χ3v) is 2.30. The molecule has 0 aliphatic rings. The zero-order valence-corrected chi connectivity index (χ0v) is 9.51. The highest BCUT2D eigenvalue weighted by molar-refractivity contribution is 7.80. The zero-order valence-electron chi connectivity index (χ0n) is 8.69. The Labute approximate surface area is 93.8 Å². The van der Waals surface area contributed by atoms with Crippen LogP contribution in [0.3, 0.4) is 0 Å². The van der Waals surface area contributed by atoms with Crippen molar-refractivity contribution in [3.63, 3.8) is 0 Å². The number of thiocarbonyl (C=S) groups is 1. The first-order chi connectivity index (χ1) is 7.02. The van der Waals surface area contributed by atoms with Gasteiger partial charge in [-0.05, 0) is 12.0 Å². The normalized spacial score (nSPS) is 12.5. The van der Waals surface area contributed by atoms with E-state index in [-0.39, 0.29) is 17.9 Å². The van der Waals surface area contributed by atoms with E-state index in [0.717, 1.165) is 0 Å². The molecule has 1 atom stereocenters. The van der Waals surface area contributed by atoms with Crippen molar-refractivity contribution in [2.24, 2.45) is 11.7 Å². The van der Waals surface area contributed by atoms with E-state index in [1.165, 1.54) is 12.5 Å². The molecule has 3 N–H and O–H groups in total. The molecule has 0 fully saturated rings. The van der Waals surface area contributed by atoms with Gasteiger partial charge in [0, 0.05) is 0 Å². The molecule has 1 heterocycles. The number of amides is 1. The van der Waals surface area contributed by atoms with Crippen LogP contribution < -0.4 is 11.1 Å². The highest BCUT2D eigenvalue weighted by Crippen LogP contribution is 2.05. The molecule has 0 spiro atoms. The van der Waals surface area contributed by atoms with Gasteiger partial charge in [0.1, 0.15) is 6.26 Å². The predicted octanol–water partition coefficient (Wildman–Crippen LogP) is 1.32. The summed E-state index contributed by atoms with van der Waals surface area (Å²) in [6.45, 7) is 3.89. The first-order valence-electron chi connectivity index (χ1n) is 4.64. The predicted molar refractivity (Wildman–Crippen MR) is 61.6 cm³/mol. The standard InChI is InChI=1S/C10H14N2O2S/c1-6(2)8(9(11)15)12-10(13)7-3-4-14-5-7/h3-6,8H,1-2H3,(H2,11,15)(H,12,13). The maximum absolute atomic E-state index is 11.6. The number of furan rings is 1. The highest BCUT2D eigenvalue weighted by Gasteiger charge is 2.19. The fraction of sp³-hybridized carbons (Fsp3) is 0.400. The van der Waals surface area contributed by atoms with Crippen LogP contribution in [0.2, 0.25) is 0 Å². The second kappa shape index (κ2) is 4.93. The van der Waals surface area contributed by atoms with Crippen molar-refractivity contribution >= 4 is 23.1 Å². The Bertz CT molecular complexity index is 346. The van der Waals surface area contributed by atoms with Crippen LogP contribution in [0.5, 0.6) is 0 Å². The first-order valence-corrected chi connectivity index (χ1v) is 5.05. The number of hydrogen-bond donors (Lipinski definition) is 2. The molecular weight excluding hydrogens is 212 g/mol. The molecule has 1 amide bonds.